The van der Waals surface area contributed by atoms with Gasteiger partial charge in [0.15, 0.2) is 17.3 Å². The van der Waals surface area contributed by atoms with Crippen molar-refractivity contribution in [2.45, 2.75) is 13.0 Å². The van der Waals surface area contributed by atoms with E-state index in [1.54, 1.807) is 43.5 Å². The molecule has 0 aromatic heterocycles. The van der Waals surface area contributed by atoms with Crippen LogP contribution in [0.3, 0.4) is 0 Å². The fourth-order valence-electron chi connectivity index (χ4n) is 4.31. The third-order valence-corrected chi connectivity index (χ3v) is 5.96. The average Bonchev–Trinajstić information content (AvgIpc) is 3.36. The fourth-order valence-corrected chi connectivity index (χ4v) is 4.31. The van der Waals surface area contributed by atoms with Crippen molar-refractivity contribution >= 4 is 46.9 Å². The second-order valence-corrected chi connectivity index (χ2v) is 8.86. The zero-order chi connectivity index (χ0) is 26.5. The van der Waals surface area contributed by atoms with Crippen molar-refractivity contribution in [2.24, 2.45) is 0 Å². The summed E-state index contributed by atoms with van der Waals surface area (Å²) in [5.74, 6) is 0.0510. The SMILES string of the molecule is COc1ccc(C(=O)/C(Cc2cccc(CN(C)C)c2)=C(/C(=O)O)c2cc(OC)c3c(c2)OCO3)cc1.[NaH]. The molecule has 1 heterocycles. The van der Waals surface area contributed by atoms with Gasteiger partial charge in [-0.2, -0.15) is 0 Å². The summed E-state index contributed by atoms with van der Waals surface area (Å²) in [5.41, 5.74) is 2.53. The Balaban J connectivity index is 0.00000400. The molecule has 0 atom stereocenters. The van der Waals surface area contributed by atoms with E-state index in [0.29, 0.717) is 35.1 Å². The molecule has 4 rings (SSSR count). The molecule has 0 amide bonds. The standard InChI is InChI=1S/C29H29NO7.Na.H/c1-30(2)16-19-7-5-6-18(12-19)13-23(27(31)20-8-10-22(34-3)11-9-20)26(29(32)33)21-14-24(35-4)28-25(15-21)36-17-37-28;;/h5-12,14-15H,13,16-17H2,1-4H3,(H,32,33);;/b26-23+;;. The number of Topliss-reactive ketones (excluding diaryl/α,β-unsaturated/α-hetero) is 1. The van der Waals surface area contributed by atoms with Gasteiger partial charge >= 0.3 is 35.5 Å². The van der Waals surface area contributed by atoms with Crippen LogP contribution in [0, 0.1) is 0 Å². The number of carboxylic acids is 1. The molecule has 9 heteroatoms. The van der Waals surface area contributed by atoms with Gasteiger partial charge in [-0.1, -0.05) is 24.3 Å². The molecule has 1 aliphatic heterocycles. The van der Waals surface area contributed by atoms with E-state index in [1.807, 2.05) is 43.3 Å². The molecule has 0 bridgehead atoms. The van der Waals surface area contributed by atoms with Gasteiger partial charge in [0.1, 0.15) is 5.75 Å². The number of fused-ring (bicyclic) bond motifs is 1. The molecule has 8 nitrogen and oxygen atoms in total. The summed E-state index contributed by atoms with van der Waals surface area (Å²) in [7, 11) is 6.95. The predicted octanol–water partition coefficient (Wildman–Crippen LogP) is 3.81. The minimum absolute atomic E-state index is 0. The van der Waals surface area contributed by atoms with Crippen LogP contribution in [0.4, 0.5) is 0 Å². The summed E-state index contributed by atoms with van der Waals surface area (Å²) in [6.07, 6.45) is 0.116. The number of rotatable bonds is 10. The molecule has 0 spiro atoms. The molecule has 3 aromatic carbocycles. The first-order chi connectivity index (χ1) is 17.8. The van der Waals surface area contributed by atoms with E-state index in [-0.39, 0.29) is 59.5 Å². The first-order valence-electron chi connectivity index (χ1n) is 11.7. The Morgan fingerprint density at radius 1 is 0.921 bits per heavy atom. The molecule has 38 heavy (non-hydrogen) atoms. The number of carboxylic acid groups (broad SMARTS) is 1. The number of benzene rings is 3. The Labute approximate surface area is 244 Å². The maximum atomic E-state index is 13.9. The van der Waals surface area contributed by atoms with Crippen molar-refractivity contribution in [3.8, 4) is 23.0 Å². The Hall–Kier alpha value is -3.30. The van der Waals surface area contributed by atoms with Crippen molar-refractivity contribution in [1.82, 2.24) is 4.90 Å². The summed E-state index contributed by atoms with van der Waals surface area (Å²) in [4.78, 5) is 28.6. The third-order valence-electron chi connectivity index (χ3n) is 5.96. The van der Waals surface area contributed by atoms with Crippen molar-refractivity contribution < 1.29 is 33.6 Å². The van der Waals surface area contributed by atoms with Crippen molar-refractivity contribution in [3.05, 3.63) is 88.5 Å². The number of ketones is 1. The van der Waals surface area contributed by atoms with Gasteiger partial charge in [0.2, 0.25) is 12.5 Å². The zero-order valence-corrected chi connectivity index (χ0v) is 21.2. The second-order valence-electron chi connectivity index (χ2n) is 8.86. The number of hydrogen-bond acceptors (Lipinski definition) is 7. The van der Waals surface area contributed by atoms with E-state index in [2.05, 4.69) is 0 Å². The van der Waals surface area contributed by atoms with E-state index >= 15 is 0 Å². The molecule has 3 aromatic rings. The number of aliphatic carboxylic acids is 1. The van der Waals surface area contributed by atoms with Gasteiger partial charge in [-0.15, -0.1) is 0 Å². The van der Waals surface area contributed by atoms with Crippen molar-refractivity contribution in [1.29, 1.82) is 0 Å². The van der Waals surface area contributed by atoms with Gasteiger partial charge in [0, 0.05) is 24.1 Å². The summed E-state index contributed by atoms with van der Waals surface area (Å²) in [6, 6.07) is 17.5. The van der Waals surface area contributed by atoms with Crippen molar-refractivity contribution in [3.63, 3.8) is 0 Å². The number of ether oxygens (including phenoxy) is 4. The van der Waals surface area contributed by atoms with Crippen LogP contribution in [-0.4, -0.2) is 86.4 Å². The molecule has 1 aliphatic rings. The van der Waals surface area contributed by atoms with Gasteiger partial charge in [0.25, 0.3) is 0 Å². The summed E-state index contributed by atoms with van der Waals surface area (Å²) < 4.78 is 21.6. The number of carbonyl (C=O) groups excluding carboxylic acids is 1. The summed E-state index contributed by atoms with van der Waals surface area (Å²) >= 11 is 0. The third kappa shape index (κ3) is 6.57. The summed E-state index contributed by atoms with van der Waals surface area (Å²) in [6.45, 7) is 0.710. The van der Waals surface area contributed by atoms with Crippen LogP contribution < -0.4 is 18.9 Å². The maximum absolute atomic E-state index is 13.9. The quantitative estimate of drug-likeness (QED) is 0.242. The molecular formula is C29H30NNaO7. The van der Waals surface area contributed by atoms with E-state index in [0.717, 1.165) is 11.1 Å². The molecule has 0 saturated carbocycles. The molecule has 0 unspecified atom stereocenters. The predicted molar refractivity (Wildman–Crippen MR) is 146 cm³/mol. The number of allylic oxidation sites excluding steroid dienone is 1. The van der Waals surface area contributed by atoms with Crippen LogP contribution in [0.25, 0.3) is 5.57 Å². The van der Waals surface area contributed by atoms with Crippen LogP contribution in [-0.2, 0) is 17.8 Å². The Morgan fingerprint density at radius 3 is 2.26 bits per heavy atom. The topological polar surface area (TPSA) is 94.5 Å². The van der Waals surface area contributed by atoms with Gasteiger partial charge < -0.3 is 29.0 Å². The first-order valence-corrected chi connectivity index (χ1v) is 11.7. The van der Waals surface area contributed by atoms with E-state index in [4.69, 9.17) is 18.9 Å². The molecule has 0 saturated heterocycles. The minimum atomic E-state index is -1.23. The van der Waals surface area contributed by atoms with Crippen LogP contribution in [0.5, 0.6) is 23.0 Å². The number of nitrogens with zero attached hydrogens (tertiary/aromatic N) is 1. The van der Waals surface area contributed by atoms with Crippen LogP contribution in [0.15, 0.2) is 66.2 Å². The number of carbonyl (C=O) groups is 2. The van der Waals surface area contributed by atoms with Gasteiger partial charge in [-0.25, -0.2) is 4.79 Å². The van der Waals surface area contributed by atoms with Crippen LogP contribution >= 0.6 is 0 Å². The second kappa shape index (κ2) is 13.0. The molecule has 194 valence electrons. The molecule has 0 aliphatic carbocycles. The Bertz CT molecular complexity index is 1350. The molecular weight excluding hydrogens is 497 g/mol. The summed E-state index contributed by atoms with van der Waals surface area (Å²) in [5, 5.41) is 10.4. The van der Waals surface area contributed by atoms with Crippen LogP contribution in [0.2, 0.25) is 0 Å². The number of methoxy groups -OCH3 is 2. The molecule has 0 radical (unpaired) electrons. The Morgan fingerprint density at radius 2 is 1.63 bits per heavy atom. The van der Waals surface area contributed by atoms with Crippen LogP contribution in [0.1, 0.15) is 27.0 Å². The zero-order valence-electron chi connectivity index (χ0n) is 21.2. The number of hydrogen-bond donors (Lipinski definition) is 1. The van der Waals surface area contributed by atoms with Gasteiger partial charge in [-0.05, 0) is 67.2 Å². The van der Waals surface area contributed by atoms with E-state index in [9.17, 15) is 14.7 Å². The van der Waals surface area contributed by atoms with Crippen molar-refractivity contribution in [2.75, 3.05) is 35.1 Å². The first kappa shape index (κ1) is 29.3. The normalized spacial score (nSPS) is 12.4. The van der Waals surface area contributed by atoms with Gasteiger partial charge in [-0.3, -0.25) is 4.79 Å². The fraction of sp³-hybridized carbons (Fsp3) is 0.241. The van der Waals surface area contributed by atoms with E-state index in [1.165, 1.54) is 7.11 Å². The molecule has 0 fully saturated rings. The van der Waals surface area contributed by atoms with E-state index < -0.39 is 11.8 Å². The Kier molecular flexibility index (Phi) is 9.99. The molecule has 1 N–H and O–H groups in total. The van der Waals surface area contributed by atoms with Gasteiger partial charge in [0.05, 0.1) is 19.8 Å². The monoisotopic (exact) mass is 527 g/mol. The average molecular weight is 528 g/mol.